The van der Waals surface area contributed by atoms with Crippen LogP contribution in [0.4, 0.5) is 18.9 Å². The maximum absolute atomic E-state index is 13.3. The van der Waals surface area contributed by atoms with E-state index in [4.69, 9.17) is 9.84 Å². The molecule has 0 amide bonds. The number of halogens is 3. The van der Waals surface area contributed by atoms with Gasteiger partial charge in [-0.3, -0.25) is 14.5 Å². The molecule has 0 radical (unpaired) electrons. The zero-order valence-electron chi connectivity index (χ0n) is 17.5. The minimum absolute atomic E-state index is 0.0467. The number of alkyl halides is 3. The molecule has 9 heteroatoms. The van der Waals surface area contributed by atoms with E-state index in [-0.39, 0.29) is 24.3 Å². The third kappa shape index (κ3) is 6.46. The van der Waals surface area contributed by atoms with E-state index in [0.717, 1.165) is 6.07 Å². The molecule has 3 rings (SSSR count). The summed E-state index contributed by atoms with van der Waals surface area (Å²) < 4.78 is 45.5. The summed E-state index contributed by atoms with van der Waals surface area (Å²) in [4.78, 5) is 26.4. The van der Waals surface area contributed by atoms with Gasteiger partial charge in [0.05, 0.1) is 12.0 Å². The molecule has 1 aliphatic heterocycles. The molecule has 172 valence electrons. The van der Waals surface area contributed by atoms with E-state index in [9.17, 15) is 22.8 Å². The Morgan fingerprint density at radius 3 is 2.22 bits per heavy atom. The van der Waals surface area contributed by atoms with Crippen LogP contribution in [0.1, 0.15) is 28.8 Å². The molecule has 0 spiro atoms. The molecule has 6 nitrogen and oxygen atoms in total. The van der Waals surface area contributed by atoms with Gasteiger partial charge in [-0.05, 0) is 36.4 Å². The molecule has 0 unspecified atom stereocenters. The average molecular weight is 450 g/mol. The predicted octanol–water partition coefficient (Wildman–Crippen LogP) is 3.95. The van der Waals surface area contributed by atoms with Crippen molar-refractivity contribution < 1.29 is 32.6 Å². The fourth-order valence-electron chi connectivity index (χ4n) is 3.60. The van der Waals surface area contributed by atoms with Crippen molar-refractivity contribution in [1.82, 2.24) is 4.90 Å². The van der Waals surface area contributed by atoms with Crippen LogP contribution < -0.4 is 9.64 Å². The minimum Gasteiger partial charge on any atom is -0.492 e. The molecule has 32 heavy (non-hydrogen) atoms. The van der Waals surface area contributed by atoms with E-state index in [1.165, 1.54) is 12.1 Å². The molecule has 0 saturated carbocycles. The molecule has 0 aromatic heterocycles. The van der Waals surface area contributed by atoms with Crippen LogP contribution in [0.2, 0.25) is 0 Å². The number of carbonyl (C=O) groups is 2. The summed E-state index contributed by atoms with van der Waals surface area (Å²) in [7, 11) is 0. The van der Waals surface area contributed by atoms with Gasteiger partial charge < -0.3 is 14.7 Å². The standard InChI is InChI=1S/C23H25F3N2O4/c24-23(25,26)19-3-1-2-4-20(19)28-13-11-27(12-14-28)15-16-32-18-7-5-17(6-8-18)21(29)9-10-22(30)31/h1-8H,9-16H2,(H,30,31). The summed E-state index contributed by atoms with van der Waals surface area (Å²) in [5, 5.41) is 8.65. The Labute approximate surface area is 184 Å². The molecule has 0 aliphatic carbocycles. The quantitative estimate of drug-likeness (QED) is 0.584. The number of carboxylic acids is 1. The van der Waals surface area contributed by atoms with E-state index in [1.54, 1.807) is 35.2 Å². The number of nitrogens with zero attached hydrogens (tertiary/aromatic N) is 2. The fraction of sp³-hybridized carbons (Fsp3) is 0.391. The lowest BCUT2D eigenvalue weighted by molar-refractivity contribution is -0.138. The van der Waals surface area contributed by atoms with Gasteiger partial charge >= 0.3 is 12.1 Å². The summed E-state index contributed by atoms with van der Waals surface area (Å²) in [6, 6.07) is 12.2. The Bertz CT molecular complexity index is 924. The number of carboxylic acid groups (broad SMARTS) is 1. The number of rotatable bonds is 9. The number of carbonyl (C=O) groups excluding carboxylic acids is 1. The van der Waals surface area contributed by atoms with Crippen molar-refractivity contribution in [3.63, 3.8) is 0 Å². The third-order valence-corrected chi connectivity index (χ3v) is 5.34. The monoisotopic (exact) mass is 450 g/mol. The lowest BCUT2D eigenvalue weighted by Crippen LogP contribution is -2.48. The highest BCUT2D eigenvalue weighted by molar-refractivity contribution is 5.97. The molecule has 1 N–H and O–H groups in total. The van der Waals surface area contributed by atoms with E-state index < -0.39 is 17.7 Å². The van der Waals surface area contributed by atoms with Gasteiger partial charge in [-0.2, -0.15) is 13.2 Å². The van der Waals surface area contributed by atoms with Crippen molar-refractivity contribution in [2.24, 2.45) is 0 Å². The van der Waals surface area contributed by atoms with Crippen LogP contribution in [0.15, 0.2) is 48.5 Å². The van der Waals surface area contributed by atoms with Crippen molar-refractivity contribution in [2.75, 3.05) is 44.2 Å². The van der Waals surface area contributed by atoms with E-state index in [0.29, 0.717) is 50.6 Å². The summed E-state index contributed by atoms with van der Waals surface area (Å²) in [5.74, 6) is -0.648. The van der Waals surface area contributed by atoms with Crippen molar-refractivity contribution in [3.05, 3.63) is 59.7 Å². The van der Waals surface area contributed by atoms with Gasteiger partial charge in [0.15, 0.2) is 5.78 Å². The molecular weight excluding hydrogens is 425 g/mol. The maximum Gasteiger partial charge on any atom is 0.418 e. The van der Waals surface area contributed by atoms with Crippen molar-refractivity contribution >= 4 is 17.4 Å². The van der Waals surface area contributed by atoms with Crippen LogP contribution in [0.3, 0.4) is 0 Å². The highest BCUT2D eigenvalue weighted by atomic mass is 19.4. The number of piperazine rings is 1. The first-order valence-corrected chi connectivity index (χ1v) is 10.4. The highest BCUT2D eigenvalue weighted by Crippen LogP contribution is 2.36. The van der Waals surface area contributed by atoms with Gasteiger partial charge in [-0.1, -0.05) is 12.1 Å². The van der Waals surface area contributed by atoms with Crippen LogP contribution in [-0.4, -0.2) is 61.1 Å². The first-order valence-electron chi connectivity index (χ1n) is 10.4. The zero-order valence-corrected chi connectivity index (χ0v) is 17.5. The molecule has 0 bridgehead atoms. The number of anilines is 1. The molecule has 1 fully saturated rings. The lowest BCUT2D eigenvalue weighted by Gasteiger charge is -2.37. The maximum atomic E-state index is 13.3. The number of para-hydroxylation sites is 1. The van der Waals surface area contributed by atoms with Crippen LogP contribution in [0.5, 0.6) is 5.75 Å². The zero-order chi connectivity index (χ0) is 23.1. The Balaban J connectivity index is 1.43. The van der Waals surface area contributed by atoms with Gasteiger partial charge in [0.2, 0.25) is 0 Å². The second-order valence-electron chi connectivity index (χ2n) is 7.53. The summed E-state index contributed by atoms with van der Waals surface area (Å²) in [6.07, 6.45) is -4.63. The highest BCUT2D eigenvalue weighted by Gasteiger charge is 2.35. The summed E-state index contributed by atoms with van der Waals surface area (Å²) >= 11 is 0. The second-order valence-corrected chi connectivity index (χ2v) is 7.53. The molecular formula is C23H25F3N2O4. The number of benzene rings is 2. The van der Waals surface area contributed by atoms with E-state index in [2.05, 4.69) is 4.90 Å². The first kappa shape index (κ1) is 23.6. The second kappa shape index (κ2) is 10.5. The summed E-state index contributed by atoms with van der Waals surface area (Å²) in [6.45, 7) is 3.30. The SMILES string of the molecule is O=C(O)CCC(=O)c1ccc(OCCN2CCN(c3ccccc3C(F)(F)F)CC2)cc1. The van der Waals surface area contributed by atoms with Crippen molar-refractivity contribution in [3.8, 4) is 5.75 Å². The molecule has 2 aromatic carbocycles. The van der Waals surface area contributed by atoms with E-state index in [1.807, 2.05) is 0 Å². The third-order valence-electron chi connectivity index (χ3n) is 5.34. The first-order chi connectivity index (χ1) is 15.2. The van der Waals surface area contributed by atoms with Crippen LogP contribution in [0, 0.1) is 0 Å². The topological polar surface area (TPSA) is 70.1 Å². The molecule has 0 atom stereocenters. The fourth-order valence-corrected chi connectivity index (χ4v) is 3.60. The van der Waals surface area contributed by atoms with Crippen LogP contribution >= 0.6 is 0 Å². The molecule has 1 heterocycles. The number of aliphatic carboxylic acids is 1. The number of ketones is 1. The van der Waals surface area contributed by atoms with Gasteiger partial charge in [0.1, 0.15) is 12.4 Å². The van der Waals surface area contributed by atoms with Gasteiger partial charge in [0, 0.05) is 50.4 Å². The largest absolute Gasteiger partial charge is 0.492 e. The number of hydrogen-bond acceptors (Lipinski definition) is 5. The predicted molar refractivity (Wildman–Crippen MR) is 113 cm³/mol. The molecule has 2 aromatic rings. The summed E-state index contributed by atoms with van der Waals surface area (Å²) in [5.41, 5.74) is 0.0458. The van der Waals surface area contributed by atoms with Crippen molar-refractivity contribution in [1.29, 1.82) is 0 Å². The van der Waals surface area contributed by atoms with E-state index >= 15 is 0 Å². The van der Waals surface area contributed by atoms with Crippen LogP contribution in [0.25, 0.3) is 0 Å². The van der Waals surface area contributed by atoms with Gasteiger partial charge in [0.25, 0.3) is 0 Å². The molecule has 1 saturated heterocycles. The Kier molecular flexibility index (Phi) is 7.74. The van der Waals surface area contributed by atoms with Gasteiger partial charge in [-0.25, -0.2) is 0 Å². The molecule has 1 aliphatic rings. The Hall–Kier alpha value is -3.07. The Morgan fingerprint density at radius 2 is 1.59 bits per heavy atom. The lowest BCUT2D eigenvalue weighted by atomic mass is 10.1. The number of Topliss-reactive ketones (excluding diaryl/α,β-unsaturated/α-hetero) is 1. The Morgan fingerprint density at radius 1 is 0.938 bits per heavy atom. The smallest absolute Gasteiger partial charge is 0.418 e. The number of hydrogen-bond donors (Lipinski definition) is 1. The normalized spacial score (nSPS) is 14.9. The van der Waals surface area contributed by atoms with Crippen molar-refractivity contribution in [2.45, 2.75) is 19.0 Å². The van der Waals surface area contributed by atoms with Gasteiger partial charge in [-0.15, -0.1) is 0 Å². The average Bonchev–Trinajstić information content (AvgIpc) is 2.78. The minimum atomic E-state index is -4.38. The van der Waals surface area contributed by atoms with Crippen LogP contribution in [-0.2, 0) is 11.0 Å². The number of ether oxygens (including phenoxy) is 1.